The number of amides is 3. The van der Waals surface area contributed by atoms with E-state index in [0.29, 0.717) is 11.1 Å². The van der Waals surface area contributed by atoms with Crippen LogP contribution in [0.4, 0.5) is 9.18 Å². The maximum Gasteiger partial charge on any atom is 0.293 e. The van der Waals surface area contributed by atoms with Gasteiger partial charge in [-0.2, -0.15) is 0 Å². The predicted molar refractivity (Wildman–Crippen MR) is 118 cm³/mol. The Morgan fingerprint density at radius 3 is 2.72 bits per heavy atom. The summed E-state index contributed by atoms with van der Waals surface area (Å²) in [6.07, 6.45) is 1.35. The molecule has 2 heterocycles. The van der Waals surface area contributed by atoms with Crippen molar-refractivity contribution >= 4 is 45.9 Å². The van der Waals surface area contributed by atoms with Crippen LogP contribution in [-0.2, 0) is 16.1 Å². The molecule has 32 heavy (non-hydrogen) atoms. The van der Waals surface area contributed by atoms with Gasteiger partial charge in [0.2, 0.25) is 0 Å². The van der Waals surface area contributed by atoms with Gasteiger partial charge >= 0.3 is 0 Å². The zero-order chi connectivity index (χ0) is 22.7. The van der Waals surface area contributed by atoms with Crippen LogP contribution in [0.2, 0.25) is 0 Å². The van der Waals surface area contributed by atoms with Crippen LogP contribution in [0.3, 0.4) is 0 Å². The van der Waals surface area contributed by atoms with Gasteiger partial charge in [0.25, 0.3) is 17.1 Å². The number of hydrogen-bond acceptors (Lipinski definition) is 6. The second-order valence-corrected chi connectivity index (χ2v) is 7.94. The van der Waals surface area contributed by atoms with E-state index in [9.17, 15) is 18.8 Å². The molecule has 0 bridgehead atoms. The van der Waals surface area contributed by atoms with E-state index in [4.69, 9.17) is 9.15 Å². The summed E-state index contributed by atoms with van der Waals surface area (Å²) in [6, 6.07) is 13.2. The molecule has 3 aromatic rings. The summed E-state index contributed by atoms with van der Waals surface area (Å²) in [6.45, 7) is 0.210. The van der Waals surface area contributed by atoms with Crippen molar-refractivity contribution in [2.24, 2.45) is 0 Å². The van der Waals surface area contributed by atoms with Crippen molar-refractivity contribution in [1.29, 1.82) is 0 Å². The van der Waals surface area contributed by atoms with Crippen LogP contribution < -0.4 is 5.32 Å². The molecule has 0 saturated carbocycles. The first-order valence-corrected chi connectivity index (χ1v) is 10.6. The predicted octanol–water partition coefficient (Wildman–Crippen LogP) is 4.18. The first kappa shape index (κ1) is 21.8. The third kappa shape index (κ3) is 4.30. The van der Waals surface area contributed by atoms with Crippen molar-refractivity contribution in [1.82, 2.24) is 10.2 Å². The summed E-state index contributed by atoms with van der Waals surface area (Å²) < 4.78 is 24.7. The minimum atomic E-state index is -0.527. The van der Waals surface area contributed by atoms with Gasteiger partial charge in [-0.05, 0) is 30.0 Å². The number of hydrogen-bond donors (Lipinski definition) is 1. The normalized spacial score (nSPS) is 15.2. The Morgan fingerprint density at radius 2 is 1.94 bits per heavy atom. The van der Waals surface area contributed by atoms with Crippen molar-refractivity contribution in [3.8, 4) is 0 Å². The minimum absolute atomic E-state index is 0.0230. The van der Waals surface area contributed by atoms with Crippen molar-refractivity contribution in [3.05, 3.63) is 76.1 Å². The second-order valence-electron chi connectivity index (χ2n) is 6.95. The molecule has 1 aromatic heterocycles. The fraction of sp³-hybridized carbons (Fsp3) is 0.174. The molecule has 4 rings (SSSR count). The lowest BCUT2D eigenvalue weighted by Gasteiger charge is -2.12. The third-order valence-corrected chi connectivity index (χ3v) is 5.79. The summed E-state index contributed by atoms with van der Waals surface area (Å²) in [5.74, 6) is -1.35. The van der Waals surface area contributed by atoms with Crippen LogP contribution in [0, 0.1) is 5.82 Å². The number of para-hydroxylation sites is 1. The fourth-order valence-electron chi connectivity index (χ4n) is 3.36. The van der Waals surface area contributed by atoms with Crippen molar-refractivity contribution in [2.75, 3.05) is 20.2 Å². The number of furan rings is 1. The van der Waals surface area contributed by atoms with Crippen LogP contribution in [0.25, 0.3) is 17.0 Å². The lowest BCUT2D eigenvalue weighted by molar-refractivity contribution is -0.122. The smallest absolute Gasteiger partial charge is 0.293 e. The van der Waals surface area contributed by atoms with Crippen molar-refractivity contribution < 1.29 is 27.9 Å². The highest BCUT2D eigenvalue weighted by Crippen LogP contribution is 2.32. The molecule has 7 nitrogen and oxygen atoms in total. The molecule has 0 spiro atoms. The van der Waals surface area contributed by atoms with Gasteiger partial charge in [0, 0.05) is 36.7 Å². The first-order chi connectivity index (χ1) is 15.5. The Labute approximate surface area is 187 Å². The Balaban J connectivity index is 1.42. The molecule has 1 aliphatic rings. The average Bonchev–Trinajstić information content (AvgIpc) is 3.28. The number of thioether (sulfide) groups is 1. The first-order valence-electron chi connectivity index (χ1n) is 9.77. The Kier molecular flexibility index (Phi) is 6.38. The zero-order valence-electron chi connectivity index (χ0n) is 17.1. The molecule has 1 saturated heterocycles. The van der Waals surface area contributed by atoms with Crippen LogP contribution in [-0.4, -0.2) is 42.2 Å². The molecule has 9 heteroatoms. The van der Waals surface area contributed by atoms with Crippen LogP contribution in [0.15, 0.2) is 57.9 Å². The average molecular weight is 454 g/mol. The summed E-state index contributed by atoms with van der Waals surface area (Å²) in [5.41, 5.74) is 1.41. The number of benzene rings is 2. The van der Waals surface area contributed by atoms with Gasteiger partial charge in [-0.1, -0.05) is 36.4 Å². The Morgan fingerprint density at radius 1 is 1.19 bits per heavy atom. The van der Waals surface area contributed by atoms with Crippen LogP contribution >= 0.6 is 11.8 Å². The molecular weight excluding hydrogens is 435 g/mol. The van der Waals surface area contributed by atoms with E-state index in [-0.39, 0.29) is 35.9 Å². The molecule has 0 unspecified atom stereocenters. The maximum atomic E-state index is 13.9. The number of methoxy groups -OCH3 is 1. The standard InChI is InChI=1S/C23H19FN2O5S/c1-30-13-16-15-7-3-5-9-18(15)31-20(16)21(27)25-10-11-26-22(28)19(32-23(26)29)12-14-6-2-4-8-17(14)24/h2-9,12H,10-11,13H2,1H3,(H,25,27)/b19-12+. The molecule has 2 aromatic carbocycles. The number of rotatable bonds is 7. The monoisotopic (exact) mass is 454 g/mol. The zero-order valence-corrected chi connectivity index (χ0v) is 17.9. The van der Waals surface area contributed by atoms with Crippen LogP contribution in [0.1, 0.15) is 21.7 Å². The van der Waals surface area contributed by atoms with E-state index < -0.39 is 22.9 Å². The van der Waals surface area contributed by atoms with E-state index in [1.54, 1.807) is 24.3 Å². The Bertz CT molecular complexity index is 1240. The molecule has 1 aliphatic heterocycles. The number of imide groups is 1. The third-order valence-electron chi connectivity index (χ3n) is 4.88. The van der Waals surface area contributed by atoms with Gasteiger partial charge in [0.1, 0.15) is 11.4 Å². The van der Waals surface area contributed by atoms with Crippen molar-refractivity contribution in [3.63, 3.8) is 0 Å². The van der Waals surface area contributed by atoms with Gasteiger partial charge in [-0.3, -0.25) is 19.3 Å². The molecule has 1 fully saturated rings. The maximum absolute atomic E-state index is 13.9. The van der Waals surface area contributed by atoms with Crippen molar-refractivity contribution in [2.45, 2.75) is 6.61 Å². The van der Waals surface area contributed by atoms with Gasteiger partial charge in [0.05, 0.1) is 11.5 Å². The van der Waals surface area contributed by atoms with E-state index in [1.165, 1.54) is 25.3 Å². The lowest BCUT2D eigenvalue weighted by atomic mass is 10.1. The van der Waals surface area contributed by atoms with E-state index in [0.717, 1.165) is 22.0 Å². The molecule has 0 atom stereocenters. The second kappa shape index (κ2) is 9.37. The van der Waals surface area contributed by atoms with Gasteiger partial charge in [-0.25, -0.2) is 4.39 Å². The number of carbonyl (C=O) groups excluding carboxylic acids is 3. The quantitative estimate of drug-likeness (QED) is 0.539. The highest BCUT2D eigenvalue weighted by atomic mass is 32.2. The summed E-state index contributed by atoms with van der Waals surface area (Å²) in [5, 5.41) is 2.98. The SMILES string of the molecule is COCc1c(C(=O)NCCN2C(=O)S/C(=C/c3ccccc3F)C2=O)oc2ccccc12. The van der Waals surface area contributed by atoms with Gasteiger partial charge < -0.3 is 14.5 Å². The Hall–Kier alpha value is -3.43. The summed E-state index contributed by atoms with van der Waals surface area (Å²) in [4.78, 5) is 38.7. The van der Waals surface area contributed by atoms with E-state index in [2.05, 4.69) is 5.32 Å². The number of nitrogens with zero attached hydrogens (tertiary/aromatic N) is 1. The molecule has 0 aliphatic carbocycles. The largest absolute Gasteiger partial charge is 0.451 e. The van der Waals surface area contributed by atoms with E-state index >= 15 is 0 Å². The van der Waals surface area contributed by atoms with Gasteiger partial charge in [-0.15, -0.1) is 0 Å². The van der Waals surface area contributed by atoms with Gasteiger partial charge in [0.15, 0.2) is 5.76 Å². The molecular formula is C23H19FN2O5S. The number of ether oxygens (including phenoxy) is 1. The van der Waals surface area contributed by atoms with Crippen LogP contribution in [0.5, 0.6) is 0 Å². The molecule has 3 amide bonds. The molecule has 164 valence electrons. The fourth-order valence-corrected chi connectivity index (χ4v) is 4.21. The topological polar surface area (TPSA) is 88.9 Å². The number of halogens is 1. The summed E-state index contributed by atoms with van der Waals surface area (Å²) >= 11 is 0.737. The lowest BCUT2D eigenvalue weighted by Crippen LogP contribution is -2.37. The van der Waals surface area contributed by atoms with E-state index in [1.807, 2.05) is 12.1 Å². The summed E-state index contributed by atoms with van der Waals surface area (Å²) in [7, 11) is 1.53. The number of fused-ring (bicyclic) bond motifs is 1. The molecule has 0 radical (unpaired) electrons. The number of nitrogens with one attached hydrogen (secondary N) is 1. The number of carbonyl (C=O) groups is 3. The highest BCUT2D eigenvalue weighted by molar-refractivity contribution is 8.18. The minimum Gasteiger partial charge on any atom is -0.451 e. The molecule has 1 N–H and O–H groups in total. The highest BCUT2D eigenvalue weighted by Gasteiger charge is 2.35.